The number of hydrogen-bond donors (Lipinski definition) is 1. The molecule has 0 bridgehead atoms. The van der Waals surface area contributed by atoms with Crippen LogP contribution in [0.2, 0.25) is 5.02 Å². The molecule has 0 aliphatic heterocycles. The lowest BCUT2D eigenvalue weighted by molar-refractivity contribution is -0.120. The summed E-state index contributed by atoms with van der Waals surface area (Å²) in [5, 5.41) is 5.89. The lowest BCUT2D eigenvalue weighted by atomic mass is 10.0. The number of carbonyl (C=O) groups excluding carboxylic acids is 1. The Morgan fingerprint density at radius 2 is 1.72 bits per heavy atom. The highest BCUT2D eigenvalue weighted by molar-refractivity contribution is 6.30. The molecule has 0 aliphatic rings. The average molecular weight is 354 g/mol. The van der Waals surface area contributed by atoms with Gasteiger partial charge in [-0.2, -0.15) is 0 Å². The molecule has 0 unspecified atom stereocenters. The van der Waals surface area contributed by atoms with Crippen molar-refractivity contribution in [1.82, 2.24) is 5.32 Å². The molecular weight excluding hydrogens is 334 g/mol. The maximum absolute atomic E-state index is 12.1. The third-order valence-corrected chi connectivity index (χ3v) is 4.23. The second-order valence-corrected chi connectivity index (χ2v) is 6.28. The van der Waals surface area contributed by atoms with Crippen molar-refractivity contribution in [2.75, 3.05) is 13.2 Å². The summed E-state index contributed by atoms with van der Waals surface area (Å²) >= 11 is 5.84. The van der Waals surface area contributed by atoms with E-state index < -0.39 is 0 Å². The van der Waals surface area contributed by atoms with Crippen LogP contribution < -0.4 is 5.32 Å². The van der Waals surface area contributed by atoms with Gasteiger partial charge in [-0.3, -0.25) is 4.79 Å². The number of hydrogen-bond acceptors (Lipinski definition) is 2. The van der Waals surface area contributed by atoms with Crippen LogP contribution in [0.4, 0.5) is 0 Å². The molecule has 1 N–H and O–H groups in total. The largest absolute Gasteiger partial charge is 0.375 e. The Hall–Kier alpha value is -2.36. The predicted molar refractivity (Wildman–Crippen MR) is 102 cm³/mol. The summed E-state index contributed by atoms with van der Waals surface area (Å²) < 4.78 is 5.57. The molecule has 0 aromatic heterocycles. The van der Waals surface area contributed by atoms with Crippen molar-refractivity contribution in [3.63, 3.8) is 0 Å². The van der Waals surface area contributed by atoms with Crippen LogP contribution in [-0.4, -0.2) is 19.1 Å². The number of benzene rings is 3. The van der Waals surface area contributed by atoms with E-state index in [1.54, 1.807) is 0 Å². The van der Waals surface area contributed by atoms with E-state index in [1.807, 2.05) is 54.6 Å². The topological polar surface area (TPSA) is 38.3 Å². The molecule has 3 aromatic carbocycles. The third-order valence-electron chi connectivity index (χ3n) is 3.98. The summed E-state index contributed by atoms with van der Waals surface area (Å²) in [7, 11) is 0. The number of fused-ring (bicyclic) bond motifs is 1. The molecule has 0 heterocycles. The molecule has 0 spiro atoms. The molecule has 4 heteroatoms. The van der Waals surface area contributed by atoms with Crippen molar-refractivity contribution in [3.8, 4) is 0 Å². The quantitative estimate of drug-likeness (QED) is 0.640. The van der Waals surface area contributed by atoms with Gasteiger partial charge in [0.05, 0.1) is 19.6 Å². The first-order chi connectivity index (χ1) is 12.2. The van der Waals surface area contributed by atoms with E-state index in [9.17, 15) is 4.79 Å². The Balaban J connectivity index is 1.43. The van der Waals surface area contributed by atoms with E-state index in [1.165, 1.54) is 0 Å². The van der Waals surface area contributed by atoms with Gasteiger partial charge in [0.1, 0.15) is 0 Å². The van der Waals surface area contributed by atoms with Crippen molar-refractivity contribution in [1.29, 1.82) is 0 Å². The molecule has 0 aliphatic carbocycles. The summed E-state index contributed by atoms with van der Waals surface area (Å²) in [5.41, 5.74) is 2.10. The number of rotatable bonds is 7. The maximum atomic E-state index is 12.1. The van der Waals surface area contributed by atoms with Crippen molar-refractivity contribution >= 4 is 28.3 Å². The Morgan fingerprint density at radius 3 is 2.56 bits per heavy atom. The van der Waals surface area contributed by atoms with Crippen LogP contribution >= 0.6 is 11.6 Å². The van der Waals surface area contributed by atoms with Gasteiger partial charge in [0.2, 0.25) is 5.91 Å². The molecule has 128 valence electrons. The normalized spacial score (nSPS) is 10.8. The van der Waals surface area contributed by atoms with Crippen molar-refractivity contribution in [3.05, 3.63) is 82.9 Å². The summed E-state index contributed by atoms with van der Waals surface area (Å²) in [6.45, 7) is 1.48. The second kappa shape index (κ2) is 8.65. The van der Waals surface area contributed by atoms with Crippen molar-refractivity contribution < 1.29 is 9.53 Å². The minimum atomic E-state index is 0.00597. The SMILES string of the molecule is O=C(Cc1cccc2ccccc12)NCCOCc1ccc(Cl)cc1. The van der Waals surface area contributed by atoms with Gasteiger partial charge in [-0.05, 0) is 34.0 Å². The number of ether oxygens (including phenoxy) is 1. The number of nitrogens with one attached hydrogen (secondary N) is 1. The third kappa shape index (κ3) is 5.05. The molecule has 25 heavy (non-hydrogen) atoms. The lowest BCUT2D eigenvalue weighted by Crippen LogP contribution is -2.28. The highest BCUT2D eigenvalue weighted by atomic mass is 35.5. The standard InChI is InChI=1S/C21H20ClNO2/c22-19-10-8-16(9-11-19)15-25-13-12-23-21(24)14-18-6-3-5-17-4-1-2-7-20(17)18/h1-11H,12-15H2,(H,23,24). The van der Waals surface area contributed by atoms with Crippen molar-refractivity contribution in [2.24, 2.45) is 0 Å². The van der Waals surface area contributed by atoms with E-state index in [0.717, 1.165) is 21.9 Å². The second-order valence-electron chi connectivity index (χ2n) is 5.84. The summed E-state index contributed by atoms with van der Waals surface area (Å²) in [5.74, 6) is 0.00597. The van der Waals surface area contributed by atoms with Crippen LogP contribution in [-0.2, 0) is 22.6 Å². The Morgan fingerprint density at radius 1 is 0.960 bits per heavy atom. The molecule has 3 aromatic rings. The van der Waals surface area contributed by atoms with E-state index in [-0.39, 0.29) is 5.91 Å². The van der Waals surface area contributed by atoms with Gasteiger partial charge in [-0.1, -0.05) is 66.2 Å². The number of carbonyl (C=O) groups is 1. The van der Waals surface area contributed by atoms with Crippen LogP contribution in [0.1, 0.15) is 11.1 Å². The first-order valence-corrected chi connectivity index (χ1v) is 8.66. The Bertz CT molecular complexity index is 841. The van der Waals surface area contributed by atoms with E-state index in [0.29, 0.717) is 31.2 Å². The number of halogens is 1. The van der Waals surface area contributed by atoms with E-state index >= 15 is 0 Å². The summed E-state index contributed by atoms with van der Waals surface area (Å²) in [4.78, 5) is 12.1. The summed E-state index contributed by atoms with van der Waals surface area (Å²) in [6.07, 6.45) is 0.374. The van der Waals surface area contributed by atoms with Crippen LogP contribution in [0.25, 0.3) is 10.8 Å². The predicted octanol–water partition coefficient (Wildman–Crippen LogP) is 4.37. The van der Waals surface area contributed by atoms with Crippen LogP contribution in [0.5, 0.6) is 0 Å². The van der Waals surface area contributed by atoms with Gasteiger partial charge in [-0.25, -0.2) is 0 Å². The van der Waals surface area contributed by atoms with Gasteiger partial charge in [0.15, 0.2) is 0 Å². The monoisotopic (exact) mass is 353 g/mol. The minimum Gasteiger partial charge on any atom is -0.375 e. The van der Waals surface area contributed by atoms with Gasteiger partial charge < -0.3 is 10.1 Å². The van der Waals surface area contributed by atoms with Gasteiger partial charge in [0.25, 0.3) is 0 Å². The first kappa shape index (κ1) is 17.5. The fraction of sp³-hybridized carbons (Fsp3) is 0.190. The van der Waals surface area contributed by atoms with E-state index in [2.05, 4.69) is 17.4 Å². The molecule has 3 nitrogen and oxygen atoms in total. The van der Waals surface area contributed by atoms with Gasteiger partial charge in [-0.15, -0.1) is 0 Å². The highest BCUT2D eigenvalue weighted by Crippen LogP contribution is 2.18. The Labute approximate surface area is 152 Å². The molecule has 0 atom stereocenters. The van der Waals surface area contributed by atoms with Crippen molar-refractivity contribution in [2.45, 2.75) is 13.0 Å². The van der Waals surface area contributed by atoms with Crippen LogP contribution in [0.3, 0.4) is 0 Å². The fourth-order valence-corrected chi connectivity index (χ4v) is 2.84. The first-order valence-electron chi connectivity index (χ1n) is 8.28. The molecule has 0 fully saturated rings. The smallest absolute Gasteiger partial charge is 0.224 e. The number of amides is 1. The fourth-order valence-electron chi connectivity index (χ4n) is 2.72. The average Bonchev–Trinajstić information content (AvgIpc) is 2.63. The molecule has 0 saturated heterocycles. The minimum absolute atomic E-state index is 0.00597. The lowest BCUT2D eigenvalue weighted by Gasteiger charge is -2.09. The summed E-state index contributed by atoms with van der Waals surface area (Å²) in [6, 6.07) is 21.7. The maximum Gasteiger partial charge on any atom is 0.224 e. The van der Waals surface area contributed by atoms with Crippen LogP contribution in [0.15, 0.2) is 66.7 Å². The van der Waals surface area contributed by atoms with E-state index in [4.69, 9.17) is 16.3 Å². The van der Waals surface area contributed by atoms with Gasteiger partial charge >= 0.3 is 0 Å². The molecule has 3 rings (SSSR count). The van der Waals surface area contributed by atoms with Crippen LogP contribution in [0, 0.1) is 0 Å². The molecule has 1 amide bonds. The highest BCUT2D eigenvalue weighted by Gasteiger charge is 2.06. The zero-order chi connectivity index (χ0) is 17.5. The zero-order valence-corrected chi connectivity index (χ0v) is 14.6. The molecule has 0 saturated carbocycles. The molecule has 0 radical (unpaired) electrons. The molecular formula is C21H20ClNO2. The van der Waals surface area contributed by atoms with Gasteiger partial charge in [0, 0.05) is 11.6 Å². The Kier molecular flexibility index (Phi) is 6.04. The zero-order valence-electron chi connectivity index (χ0n) is 13.9.